The average Bonchev–Trinajstić information content (AvgIpc) is 2.89. The third kappa shape index (κ3) is 2.23. The number of hydrazine groups is 1. The molecule has 0 radical (unpaired) electrons. The molecule has 1 aliphatic carbocycles. The summed E-state index contributed by atoms with van der Waals surface area (Å²) in [6, 6.07) is 2.29. The summed E-state index contributed by atoms with van der Waals surface area (Å²) in [4.78, 5) is 4.33. The molecule has 1 aliphatic rings. The Morgan fingerprint density at radius 3 is 3.00 bits per heavy atom. The third-order valence-electron chi connectivity index (χ3n) is 1.96. The van der Waals surface area contributed by atoms with E-state index in [1.807, 2.05) is 19.3 Å². The van der Waals surface area contributed by atoms with Crippen LogP contribution in [0.15, 0.2) is 17.3 Å². The van der Waals surface area contributed by atoms with Crippen LogP contribution in [-0.4, -0.2) is 21.8 Å². The summed E-state index contributed by atoms with van der Waals surface area (Å²) in [6.45, 7) is 0. The number of aliphatic imine (C=N–C) groups is 1. The highest BCUT2D eigenvalue weighted by atomic mass is 15.4. The molecule has 6 heteroatoms. The number of aryl methyl sites for hydroxylation is 1. The van der Waals surface area contributed by atoms with Gasteiger partial charge >= 0.3 is 0 Å². The second-order valence-corrected chi connectivity index (χ2v) is 3.35. The predicted octanol–water partition coefficient (Wildman–Crippen LogP) is -0.186. The Hall–Kier alpha value is -1.56. The molecule has 14 heavy (non-hydrogen) atoms. The molecule has 76 valence electrons. The summed E-state index contributed by atoms with van der Waals surface area (Å²) < 4.78 is 1.72. The van der Waals surface area contributed by atoms with Crippen LogP contribution in [0.4, 0.5) is 5.82 Å². The van der Waals surface area contributed by atoms with Crippen molar-refractivity contribution in [3.05, 3.63) is 12.3 Å². The number of guanidine groups is 1. The van der Waals surface area contributed by atoms with Crippen LogP contribution in [0, 0.1) is 0 Å². The van der Waals surface area contributed by atoms with Crippen LogP contribution in [0.2, 0.25) is 0 Å². The van der Waals surface area contributed by atoms with Crippen molar-refractivity contribution in [2.45, 2.75) is 18.9 Å². The van der Waals surface area contributed by atoms with Crippen LogP contribution >= 0.6 is 0 Å². The first-order valence-electron chi connectivity index (χ1n) is 4.59. The molecule has 2 rings (SSSR count). The number of hydrogen-bond donors (Lipinski definition) is 3. The first kappa shape index (κ1) is 9.01. The summed E-state index contributed by atoms with van der Waals surface area (Å²) in [7, 11) is 1.86. The van der Waals surface area contributed by atoms with E-state index in [4.69, 9.17) is 5.84 Å². The Morgan fingerprint density at radius 1 is 1.71 bits per heavy atom. The van der Waals surface area contributed by atoms with E-state index in [1.54, 1.807) is 4.68 Å². The Bertz CT molecular complexity index is 337. The van der Waals surface area contributed by atoms with E-state index in [0.29, 0.717) is 12.0 Å². The SMILES string of the molecule is Cn1ccc(NC(=NC2CC2)NN)n1. The molecule has 0 unspecified atom stereocenters. The van der Waals surface area contributed by atoms with Gasteiger partial charge in [-0.1, -0.05) is 0 Å². The molecule has 1 heterocycles. The van der Waals surface area contributed by atoms with Gasteiger partial charge in [0.25, 0.3) is 0 Å². The van der Waals surface area contributed by atoms with Gasteiger partial charge in [-0.05, 0) is 12.8 Å². The monoisotopic (exact) mass is 194 g/mol. The second-order valence-electron chi connectivity index (χ2n) is 3.35. The van der Waals surface area contributed by atoms with Crippen molar-refractivity contribution < 1.29 is 0 Å². The van der Waals surface area contributed by atoms with Gasteiger partial charge in [0.05, 0.1) is 6.04 Å². The van der Waals surface area contributed by atoms with Crippen LogP contribution in [0.1, 0.15) is 12.8 Å². The number of aromatic nitrogens is 2. The minimum absolute atomic E-state index is 0.428. The standard InChI is InChI=1S/C8H14N6/c1-14-5-4-7(13-14)11-8(12-9)10-6-2-3-6/h4-6H,2-3,9H2,1H3,(H2,10,11,12,13). The van der Waals surface area contributed by atoms with Gasteiger partial charge in [-0.3, -0.25) is 10.1 Å². The lowest BCUT2D eigenvalue weighted by Gasteiger charge is -2.05. The molecular weight excluding hydrogens is 180 g/mol. The molecule has 1 fully saturated rings. The highest BCUT2D eigenvalue weighted by Gasteiger charge is 2.21. The summed E-state index contributed by atoms with van der Waals surface area (Å²) in [5, 5.41) is 7.16. The quantitative estimate of drug-likeness (QED) is 0.264. The van der Waals surface area contributed by atoms with E-state index in [0.717, 1.165) is 18.7 Å². The third-order valence-corrected chi connectivity index (χ3v) is 1.96. The Kier molecular flexibility index (Phi) is 2.36. The molecule has 1 aromatic rings. The van der Waals surface area contributed by atoms with Crippen LogP contribution in [-0.2, 0) is 7.05 Å². The van der Waals surface area contributed by atoms with Crippen molar-refractivity contribution in [1.29, 1.82) is 0 Å². The topological polar surface area (TPSA) is 80.3 Å². The molecule has 0 amide bonds. The van der Waals surface area contributed by atoms with Gasteiger partial charge in [0.1, 0.15) is 0 Å². The summed E-state index contributed by atoms with van der Waals surface area (Å²) in [6.07, 6.45) is 4.15. The van der Waals surface area contributed by atoms with Crippen molar-refractivity contribution in [2.75, 3.05) is 5.32 Å². The zero-order valence-corrected chi connectivity index (χ0v) is 8.07. The summed E-state index contributed by atoms with van der Waals surface area (Å²) in [5.41, 5.74) is 2.52. The van der Waals surface area contributed by atoms with Crippen molar-refractivity contribution in [1.82, 2.24) is 15.2 Å². The first-order chi connectivity index (χ1) is 6.78. The normalized spacial score (nSPS) is 16.9. The average molecular weight is 194 g/mol. The lowest BCUT2D eigenvalue weighted by molar-refractivity contribution is 0.771. The second kappa shape index (κ2) is 3.67. The molecule has 0 aliphatic heterocycles. The fourth-order valence-corrected chi connectivity index (χ4v) is 1.09. The van der Waals surface area contributed by atoms with Crippen LogP contribution in [0.25, 0.3) is 0 Å². The van der Waals surface area contributed by atoms with Gasteiger partial charge < -0.3 is 5.32 Å². The number of nitrogens with zero attached hydrogens (tertiary/aromatic N) is 3. The van der Waals surface area contributed by atoms with E-state index >= 15 is 0 Å². The summed E-state index contributed by atoms with van der Waals surface area (Å²) >= 11 is 0. The van der Waals surface area contributed by atoms with E-state index in [-0.39, 0.29) is 0 Å². The van der Waals surface area contributed by atoms with Gasteiger partial charge in [0.15, 0.2) is 5.82 Å². The maximum atomic E-state index is 5.33. The van der Waals surface area contributed by atoms with Gasteiger partial charge in [-0.15, -0.1) is 0 Å². The Labute approximate surface area is 82.2 Å². The van der Waals surface area contributed by atoms with Crippen molar-refractivity contribution in [3.8, 4) is 0 Å². The molecule has 0 atom stereocenters. The van der Waals surface area contributed by atoms with E-state index < -0.39 is 0 Å². The maximum Gasteiger partial charge on any atom is 0.211 e. The number of anilines is 1. The van der Waals surface area contributed by atoms with Crippen molar-refractivity contribution >= 4 is 11.8 Å². The smallest absolute Gasteiger partial charge is 0.211 e. The highest BCUT2D eigenvalue weighted by molar-refractivity contribution is 5.92. The molecule has 0 saturated heterocycles. The lowest BCUT2D eigenvalue weighted by atomic mass is 10.6. The molecule has 0 bridgehead atoms. The van der Waals surface area contributed by atoms with Gasteiger partial charge in [-0.2, -0.15) is 5.10 Å². The molecule has 4 N–H and O–H groups in total. The summed E-state index contributed by atoms with van der Waals surface area (Å²) in [5.74, 6) is 6.64. The van der Waals surface area contributed by atoms with E-state index in [2.05, 4.69) is 20.8 Å². The maximum absolute atomic E-state index is 5.33. The minimum atomic E-state index is 0.428. The van der Waals surface area contributed by atoms with Gasteiger partial charge in [-0.25, -0.2) is 10.8 Å². The van der Waals surface area contributed by atoms with Gasteiger partial charge in [0, 0.05) is 19.3 Å². The largest absolute Gasteiger partial charge is 0.308 e. The van der Waals surface area contributed by atoms with Crippen LogP contribution in [0.5, 0.6) is 0 Å². The first-order valence-corrected chi connectivity index (χ1v) is 4.59. The van der Waals surface area contributed by atoms with Crippen molar-refractivity contribution in [3.63, 3.8) is 0 Å². The fourth-order valence-electron chi connectivity index (χ4n) is 1.09. The predicted molar refractivity (Wildman–Crippen MR) is 54.6 cm³/mol. The number of rotatable bonds is 2. The van der Waals surface area contributed by atoms with Crippen LogP contribution < -0.4 is 16.6 Å². The highest BCUT2D eigenvalue weighted by Crippen LogP contribution is 2.23. The minimum Gasteiger partial charge on any atom is -0.308 e. The van der Waals surface area contributed by atoms with E-state index in [9.17, 15) is 0 Å². The zero-order valence-electron chi connectivity index (χ0n) is 8.07. The van der Waals surface area contributed by atoms with E-state index in [1.165, 1.54) is 0 Å². The molecular formula is C8H14N6. The Morgan fingerprint density at radius 2 is 2.50 bits per heavy atom. The fraction of sp³-hybridized carbons (Fsp3) is 0.500. The zero-order chi connectivity index (χ0) is 9.97. The van der Waals surface area contributed by atoms with Gasteiger partial charge in [0.2, 0.25) is 5.96 Å². The molecule has 0 aromatic carbocycles. The van der Waals surface area contributed by atoms with Crippen molar-refractivity contribution in [2.24, 2.45) is 17.9 Å². The Balaban J connectivity index is 2.00. The number of nitrogens with one attached hydrogen (secondary N) is 2. The molecule has 6 nitrogen and oxygen atoms in total. The molecule has 0 spiro atoms. The lowest BCUT2D eigenvalue weighted by Crippen LogP contribution is -2.36. The molecule has 1 saturated carbocycles. The number of nitrogens with two attached hydrogens (primary N) is 1. The van der Waals surface area contributed by atoms with Crippen LogP contribution in [0.3, 0.4) is 0 Å². The number of hydrogen-bond acceptors (Lipinski definition) is 3. The molecule has 1 aromatic heterocycles.